The van der Waals surface area contributed by atoms with Gasteiger partial charge >= 0.3 is 25.0 Å². The molecule has 0 unspecified atom stereocenters. The van der Waals surface area contributed by atoms with E-state index in [2.05, 4.69) is 72.0 Å². The van der Waals surface area contributed by atoms with Gasteiger partial charge in [-0.2, -0.15) is 0 Å². The SMILES string of the molecule is [CH2-]CN(C[CH2-])C(=O)OCCCCCC(=O)NC[C@H]1CC[C@H](C)[C@@H](/C(C)=C/C=C/[C@@H](C)C[C@@]2(C)O[C@@H]2[C@H](C)[C@@H](OC)[C@@H](C)O)O1.[I-].[Li+]. The van der Waals surface area contributed by atoms with E-state index in [9.17, 15) is 14.7 Å². The van der Waals surface area contributed by atoms with Gasteiger partial charge < -0.3 is 72.1 Å². The van der Waals surface area contributed by atoms with Crippen molar-refractivity contribution in [2.45, 2.75) is 123 Å². The average Bonchev–Trinajstić information content (AvgIpc) is 3.65. The third-order valence-corrected chi connectivity index (χ3v) is 9.06. The Labute approximate surface area is 308 Å². The Balaban J connectivity index is 0.0000101. The van der Waals surface area contributed by atoms with Crippen molar-refractivity contribution in [2.75, 3.05) is 33.4 Å². The van der Waals surface area contributed by atoms with Gasteiger partial charge in [-0.05, 0) is 76.7 Å². The predicted octanol–water partition coefficient (Wildman–Crippen LogP) is -0.320. The van der Waals surface area contributed by atoms with Crippen LogP contribution in [0.1, 0.15) is 86.5 Å². The topological polar surface area (TPSA) is 110 Å². The fourth-order valence-electron chi connectivity index (χ4n) is 6.45. The van der Waals surface area contributed by atoms with Gasteiger partial charge in [-0.1, -0.05) is 39.0 Å². The van der Waals surface area contributed by atoms with Crippen LogP contribution in [-0.2, 0) is 23.7 Å². The van der Waals surface area contributed by atoms with Gasteiger partial charge in [0.25, 0.3) is 0 Å². The van der Waals surface area contributed by atoms with Crippen LogP contribution in [0.15, 0.2) is 23.8 Å². The number of carbonyl (C=O) groups excluding carboxylic acids is 2. The van der Waals surface area contributed by atoms with E-state index in [1.807, 2.05) is 0 Å². The first-order chi connectivity index (χ1) is 20.9. The second kappa shape index (κ2) is 22.9. The first-order valence-electron chi connectivity index (χ1n) is 16.5. The molecule has 2 rings (SSSR count). The number of aliphatic hydroxyl groups excluding tert-OH is 1. The number of nitrogens with zero attached hydrogens (tertiary/aromatic N) is 1. The van der Waals surface area contributed by atoms with Crippen molar-refractivity contribution in [1.82, 2.24) is 10.2 Å². The molecule has 11 heteroatoms. The smallest absolute Gasteiger partial charge is 1.00 e. The number of epoxide rings is 1. The molecule has 0 spiro atoms. The van der Waals surface area contributed by atoms with Gasteiger partial charge in [-0.15, -0.1) is 13.1 Å². The van der Waals surface area contributed by atoms with Crippen molar-refractivity contribution in [1.29, 1.82) is 0 Å². The number of aliphatic hydroxyl groups is 1. The molecule has 0 aromatic carbocycles. The van der Waals surface area contributed by atoms with Crippen LogP contribution in [0.2, 0.25) is 0 Å². The summed E-state index contributed by atoms with van der Waals surface area (Å²) >= 11 is 0. The van der Waals surface area contributed by atoms with E-state index < -0.39 is 12.2 Å². The molecule has 0 radical (unpaired) electrons. The molecular weight excluding hydrogens is 694 g/mol. The minimum atomic E-state index is -0.537. The molecule has 2 N–H and O–H groups in total. The van der Waals surface area contributed by atoms with E-state index in [0.717, 1.165) is 38.5 Å². The summed E-state index contributed by atoms with van der Waals surface area (Å²) < 4.78 is 23.3. The van der Waals surface area contributed by atoms with Gasteiger partial charge in [0.15, 0.2) is 0 Å². The second-order valence-corrected chi connectivity index (χ2v) is 13.1. The van der Waals surface area contributed by atoms with Crippen LogP contribution in [0.4, 0.5) is 4.79 Å². The van der Waals surface area contributed by atoms with Crippen molar-refractivity contribution in [3.63, 3.8) is 0 Å². The maximum Gasteiger partial charge on any atom is 1.00 e. The molecule has 262 valence electrons. The zero-order valence-electron chi connectivity index (χ0n) is 29.8. The van der Waals surface area contributed by atoms with Crippen molar-refractivity contribution < 1.29 is 76.5 Å². The second-order valence-electron chi connectivity index (χ2n) is 13.1. The van der Waals surface area contributed by atoms with Crippen molar-refractivity contribution >= 4 is 12.0 Å². The van der Waals surface area contributed by atoms with E-state index in [1.165, 1.54) is 10.5 Å². The van der Waals surface area contributed by atoms with Gasteiger partial charge in [0, 0.05) is 26.0 Å². The molecule has 0 aromatic rings. The number of ether oxygens (including phenoxy) is 4. The third kappa shape index (κ3) is 14.9. The Morgan fingerprint density at radius 2 is 1.83 bits per heavy atom. The van der Waals surface area contributed by atoms with Crippen LogP contribution in [0.3, 0.4) is 0 Å². The molecule has 0 aromatic heterocycles. The normalized spacial score (nSPS) is 27.0. The number of carbonyl (C=O) groups is 2. The van der Waals surface area contributed by atoms with E-state index in [0.29, 0.717) is 44.5 Å². The van der Waals surface area contributed by atoms with E-state index >= 15 is 0 Å². The van der Waals surface area contributed by atoms with E-state index in [-0.39, 0.29) is 84.7 Å². The molecule has 46 heavy (non-hydrogen) atoms. The predicted molar refractivity (Wildman–Crippen MR) is 174 cm³/mol. The molecule has 0 saturated carbocycles. The number of methoxy groups -OCH3 is 1. The van der Waals surface area contributed by atoms with Crippen LogP contribution < -0.4 is 48.2 Å². The summed E-state index contributed by atoms with van der Waals surface area (Å²) in [5.74, 6) is 0.886. The van der Waals surface area contributed by atoms with Crippen LogP contribution in [-0.4, -0.2) is 91.5 Å². The quantitative estimate of drug-likeness (QED) is 0.0465. The number of hydrogen-bond acceptors (Lipinski definition) is 7. The Hall–Kier alpha value is -0.613. The van der Waals surface area contributed by atoms with E-state index in [1.54, 1.807) is 14.0 Å². The molecule has 2 amide bonds. The van der Waals surface area contributed by atoms with Crippen LogP contribution in [0.5, 0.6) is 0 Å². The van der Waals surface area contributed by atoms with Gasteiger partial charge in [0.1, 0.15) is 0 Å². The maximum absolute atomic E-state index is 12.4. The first-order valence-corrected chi connectivity index (χ1v) is 16.5. The molecule has 0 bridgehead atoms. The molecule has 2 heterocycles. The largest absolute Gasteiger partial charge is 1.00 e. The molecular formula is C35H60ILiN2O7-2. The number of nitrogens with one attached hydrogen (secondary N) is 1. The minimum absolute atomic E-state index is 0. The zero-order chi connectivity index (χ0) is 32.9. The minimum Gasteiger partial charge on any atom is -1.00 e. The number of unbranched alkanes of at least 4 members (excludes halogenated alkanes) is 2. The third-order valence-electron chi connectivity index (χ3n) is 9.06. The van der Waals surface area contributed by atoms with Crippen molar-refractivity contribution in [3.05, 3.63) is 37.6 Å². The Morgan fingerprint density at radius 3 is 2.43 bits per heavy atom. The van der Waals surface area contributed by atoms with Crippen molar-refractivity contribution in [3.8, 4) is 0 Å². The molecule has 2 saturated heterocycles. The molecule has 9 atom stereocenters. The molecule has 2 fully saturated rings. The summed E-state index contributed by atoms with van der Waals surface area (Å²) in [6, 6.07) is 0. The number of amides is 2. The van der Waals surface area contributed by atoms with Gasteiger partial charge in [-0.3, -0.25) is 4.79 Å². The van der Waals surface area contributed by atoms with Gasteiger partial charge in [0.2, 0.25) is 5.91 Å². The number of allylic oxidation sites excluding steroid dienone is 3. The Kier molecular flexibility index (Phi) is 22.6. The summed E-state index contributed by atoms with van der Waals surface area (Å²) in [6.07, 6.45) is 11.0. The molecule has 2 aliphatic heterocycles. The van der Waals surface area contributed by atoms with Crippen molar-refractivity contribution in [2.24, 2.45) is 17.8 Å². The summed E-state index contributed by atoms with van der Waals surface area (Å²) in [4.78, 5) is 25.6. The molecule has 0 aliphatic carbocycles. The Bertz CT molecular complexity index is 948. The summed E-state index contributed by atoms with van der Waals surface area (Å²) in [7, 11) is 1.64. The van der Waals surface area contributed by atoms with Gasteiger partial charge in [-0.25, -0.2) is 4.79 Å². The standard InChI is InChI=1S/C35H60N2O7.HI.Li/c1-10-37(11-2)34(40)42-21-14-12-13-18-30(39)36-23-29-20-19-26(5)31(43-29)25(4)17-15-16-24(3)22-35(8)33(44-35)27(6)32(41-9)28(7)38;;/h15-17,24,26-29,31-33,38H,1-2,10-14,18-23H2,3-9H3,(H,36,39);1H;/q-2;;+1/p-1/b16-15+,25-17+;;/t24-,26+,27-,28-,29-,31-,32-,33-,35-;;/m1../s1. The monoisotopic (exact) mass is 754 g/mol. The molecule has 2 aliphatic rings. The molecule has 9 nitrogen and oxygen atoms in total. The average molecular weight is 755 g/mol. The number of halogens is 1. The maximum atomic E-state index is 12.4. The summed E-state index contributed by atoms with van der Waals surface area (Å²) in [5, 5.41) is 13.1. The summed E-state index contributed by atoms with van der Waals surface area (Å²) in [6.45, 7) is 21.4. The Morgan fingerprint density at radius 1 is 1.15 bits per heavy atom. The van der Waals surface area contributed by atoms with E-state index in [4.69, 9.17) is 18.9 Å². The van der Waals surface area contributed by atoms with Crippen LogP contribution in [0.25, 0.3) is 0 Å². The first kappa shape index (κ1) is 45.4. The zero-order valence-corrected chi connectivity index (χ0v) is 31.9. The van der Waals surface area contributed by atoms with Crippen LogP contribution >= 0.6 is 0 Å². The number of rotatable bonds is 19. The van der Waals surface area contributed by atoms with Crippen LogP contribution in [0, 0.1) is 31.6 Å². The van der Waals surface area contributed by atoms with Gasteiger partial charge in [0.05, 0.1) is 42.7 Å². The fourth-order valence-corrected chi connectivity index (χ4v) is 6.45. The fraction of sp³-hybridized carbons (Fsp3) is 0.771. The number of hydrogen-bond donors (Lipinski definition) is 2. The summed E-state index contributed by atoms with van der Waals surface area (Å²) in [5.41, 5.74) is 0.981.